The van der Waals surface area contributed by atoms with Gasteiger partial charge in [0.1, 0.15) is 13.1 Å². The second-order valence-electron chi connectivity index (χ2n) is 6.64. The molecule has 0 N–H and O–H groups in total. The third kappa shape index (κ3) is 17.0. The fourth-order valence-corrected chi connectivity index (χ4v) is 3.16. The molecule has 8 nitrogen and oxygen atoms in total. The van der Waals surface area contributed by atoms with Gasteiger partial charge < -0.3 is 9.11 Å². The van der Waals surface area contributed by atoms with Crippen molar-refractivity contribution in [1.29, 1.82) is 0 Å². The van der Waals surface area contributed by atoms with Gasteiger partial charge in [-0.05, 0) is 51.7 Å². The molecule has 0 aliphatic heterocycles. The van der Waals surface area contributed by atoms with Crippen LogP contribution in [-0.4, -0.2) is 37.4 Å². The summed E-state index contributed by atoms with van der Waals surface area (Å²) < 4.78 is 64.1. The van der Waals surface area contributed by atoms with E-state index >= 15 is 0 Å². The zero-order valence-corrected chi connectivity index (χ0v) is 19.7. The Morgan fingerprint density at radius 2 is 0.933 bits per heavy atom. The monoisotopic (exact) mass is 460 g/mol. The van der Waals surface area contributed by atoms with E-state index in [-0.39, 0.29) is 12.8 Å². The first-order valence-corrected chi connectivity index (χ1v) is 12.8. The predicted molar refractivity (Wildman–Crippen MR) is 112 cm³/mol. The number of hydrogen-bond donors (Lipinski definition) is 0. The fourth-order valence-electron chi connectivity index (χ4n) is 2.04. The molecule has 0 saturated carbocycles. The van der Waals surface area contributed by atoms with Crippen molar-refractivity contribution < 1.29 is 35.1 Å². The maximum Gasteiger partial charge on any atom is 0.169 e. The van der Waals surface area contributed by atoms with E-state index in [2.05, 4.69) is 85.9 Å². The van der Waals surface area contributed by atoms with E-state index in [1.54, 1.807) is 0 Å². The Balaban J connectivity index is 0.000000426. The van der Waals surface area contributed by atoms with Crippen molar-refractivity contribution in [3.8, 4) is 0 Å². The molecular weight excluding hydrogens is 428 g/mol. The van der Waals surface area contributed by atoms with Gasteiger partial charge in [-0.3, -0.25) is 0 Å². The lowest BCUT2D eigenvalue weighted by Crippen LogP contribution is -2.30. The van der Waals surface area contributed by atoms with Crippen LogP contribution in [0.3, 0.4) is 0 Å². The minimum atomic E-state index is -4.29. The molecule has 170 valence electrons. The standard InChI is InChI=1S/2C8H12N.C4H10O6S2/c2*1-3-9-6-4-8(2)5-7-9;5-11(6,7)3-1-2-4-12(8,9)10/h2*4-7H,3H2,1-2H3;1-4H2,(H,5,6,7)(H,8,9,10)/q2*+1;/p-2. The van der Waals surface area contributed by atoms with Gasteiger partial charge in [-0.15, -0.1) is 0 Å². The summed E-state index contributed by atoms with van der Waals surface area (Å²) >= 11 is 0. The van der Waals surface area contributed by atoms with E-state index in [1.807, 2.05) is 0 Å². The molecule has 0 bridgehead atoms. The van der Waals surface area contributed by atoms with Gasteiger partial charge in [-0.25, -0.2) is 26.0 Å². The molecule has 30 heavy (non-hydrogen) atoms. The quantitative estimate of drug-likeness (QED) is 0.350. The highest BCUT2D eigenvalue weighted by Crippen LogP contribution is 1.96. The maximum absolute atomic E-state index is 9.97. The van der Waals surface area contributed by atoms with Crippen LogP contribution < -0.4 is 9.13 Å². The Hall–Kier alpha value is -1.88. The zero-order valence-electron chi connectivity index (χ0n) is 18.0. The molecular formula is C20H32N2O6S2. The van der Waals surface area contributed by atoms with Gasteiger partial charge in [0, 0.05) is 35.8 Å². The van der Waals surface area contributed by atoms with Crippen LogP contribution in [0.1, 0.15) is 37.8 Å². The van der Waals surface area contributed by atoms with Crippen molar-refractivity contribution in [2.24, 2.45) is 0 Å². The van der Waals surface area contributed by atoms with Crippen LogP contribution in [0, 0.1) is 13.8 Å². The van der Waals surface area contributed by atoms with Crippen LogP contribution in [0.25, 0.3) is 0 Å². The van der Waals surface area contributed by atoms with Gasteiger partial charge in [-0.1, -0.05) is 0 Å². The lowest BCUT2D eigenvalue weighted by molar-refractivity contribution is -0.693. The normalized spacial score (nSPS) is 11.0. The number of aromatic nitrogens is 2. The van der Waals surface area contributed by atoms with Crippen molar-refractivity contribution in [3.05, 3.63) is 60.2 Å². The molecule has 0 unspecified atom stereocenters. The Labute approximate surface area is 180 Å². The number of nitrogens with zero attached hydrogens (tertiary/aromatic N) is 2. The van der Waals surface area contributed by atoms with E-state index in [0.29, 0.717) is 0 Å². The maximum atomic E-state index is 9.97. The summed E-state index contributed by atoms with van der Waals surface area (Å²) in [5.74, 6) is -1.24. The second kappa shape index (κ2) is 14.2. The molecule has 0 spiro atoms. The lowest BCUT2D eigenvalue weighted by Gasteiger charge is -2.07. The van der Waals surface area contributed by atoms with E-state index in [1.165, 1.54) is 11.1 Å². The van der Waals surface area contributed by atoms with Crippen LogP contribution in [-0.2, 0) is 33.3 Å². The Morgan fingerprint density at radius 3 is 1.13 bits per heavy atom. The lowest BCUT2D eigenvalue weighted by atomic mass is 10.3. The van der Waals surface area contributed by atoms with Crippen LogP contribution >= 0.6 is 0 Å². The van der Waals surface area contributed by atoms with E-state index < -0.39 is 31.7 Å². The van der Waals surface area contributed by atoms with Crippen molar-refractivity contribution >= 4 is 20.2 Å². The average molecular weight is 461 g/mol. The highest BCUT2D eigenvalue weighted by Gasteiger charge is 1.98. The van der Waals surface area contributed by atoms with Gasteiger partial charge in [0.05, 0.1) is 20.2 Å². The summed E-state index contributed by atoms with van der Waals surface area (Å²) in [5, 5.41) is 0. The first-order chi connectivity index (χ1) is 13.9. The molecule has 2 heterocycles. The predicted octanol–water partition coefficient (Wildman–Crippen LogP) is 1.46. The summed E-state index contributed by atoms with van der Waals surface area (Å²) in [4.78, 5) is 0. The van der Waals surface area contributed by atoms with Gasteiger partial charge in [0.15, 0.2) is 24.8 Å². The van der Waals surface area contributed by atoms with Crippen molar-refractivity contribution in [2.45, 2.75) is 53.6 Å². The molecule has 2 aromatic heterocycles. The molecule has 2 rings (SSSR count). The summed E-state index contributed by atoms with van der Waals surface area (Å²) in [6, 6.07) is 8.46. The molecule has 0 aliphatic carbocycles. The van der Waals surface area contributed by atoms with Crippen LogP contribution in [0.2, 0.25) is 0 Å². The van der Waals surface area contributed by atoms with Gasteiger partial charge in [-0.2, -0.15) is 0 Å². The zero-order chi connectivity index (χ0) is 23.2. The van der Waals surface area contributed by atoms with E-state index in [4.69, 9.17) is 0 Å². The fraction of sp³-hybridized carbons (Fsp3) is 0.500. The molecule has 0 aliphatic rings. The summed E-state index contributed by atoms with van der Waals surface area (Å²) in [6.07, 6.45) is 8.19. The van der Waals surface area contributed by atoms with Crippen molar-refractivity contribution in [3.63, 3.8) is 0 Å². The molecule has 0 aromatic carbocycles. The Bertz CT molecular complexity index is 847. The molecule has 10 heteroatoms. The van der Waals surface area contributed by atoms with E-state index in [0.717, 1.165) is 13.1 Å². The first kappa shape index (κ1) is 28.1. The van der Waals surface area contributed by atoms with Crippen molar-refractivity contribution in [2.75, 3.05) is 11.5 Å². The highest BCUT2D eigenvalue weighted by molar-refractivity contribution is 7.86. The van der Waals surface area contributed by atoms with Gasteiger partial charge in [0.25, 0.3) is 0 Å². The number of aryl methyl sites for hydroxylation is 4. The minimum Gasteiger partial charge on any atom is -0.748 e. The average Bonchev–Trinajstić information content (AvgIpc) is 2.66. The second-order valence-corrected chi connectivity index (χ2v) is 9.69. The Morgan fingerprint density at radius 1 is 0.667 bits per heavy atom. The first-order valence-electron chi connectivity index (χ1n) is 9.64. The largest absolute Gasteiger partial charge is 0.748 e. The van der Waals surface area contributed by atoms with E-state index in [9.17, 15) is 25.9 Å². The topological polar surface area (TPSA) is 122 Å². The van der Waals surface area contributed by atoms with Gasteiger partial charge >= 0.3 is 0 Å². The Kier molecular flexibility index (Phi) is 13.3. The minimum absolute atomic E-state index is 0.0900. The summed E-state index contributed by atoms with van der Waals surface area (Å²) in [7, 11) is -8.58. The molecule has 2 aromatic rings. The number of pyridine rings is 2. The molecule has 0 fully saturated rings. The van der Waals surface area contributed by atoms with Crippen molar-refractivity contribution in [1.82, 2.24) is 0 Å². The van der Waals surface area contributed by atoms with Gasteiger partial charge in [0.2, 0.25) is 0 Å². The van der Waals surface area contributed by atoms with Crippen LogP contribution in [0.15, 0.2) is 49.1 Å². The molecule has 0 amide bonds. The smallest absolute Gasteiger partial charge is 0.169 e. The van der Waals surface area contributed by atoms with Crippen LogP contribution in [0.4, 0.5) is 0 Å². The number of rotatable bonds is 7. The SMILES string of the molecule is CC[n+]1ccc(C)cc1.CC[n+]1ccc(C)cc1.O=S(=O)([O-])CCCCS(=O)(=O)[O-]. The third-order valence-corrected chi connectivity index (χ3v) is 5.46. The molecule has 0 saturated heterocycles. The van der Waals surface area contributed by atoms with Crippen LogP contribution in [0.5, 0.6) is 0 Å². The number of unbranched alkanes of at least 4 members (excludes halogenated alkanes) is 1. The summed E-state index contributed by atoms with van der Waals surface area (Å²) in [5.41, 5.74) is 2.64. The number of hydrogen-bond acceptors (Lipinski definition) is 6. The third-order valence-electron chi connectivity index (χ3n) is 3.88. The molecule has 0 atom stereocenters. The summed E-state index contributed by atoms with van der Waals surface area (Å²) in [6.45, 7) is 10.6. The highest BCUT2D eigenvalue weighted by atomic mass is 32.2. The molecule has 0 radical (unpaired) electrons.